The summed E-state index contributed by atoms with van der Waals surface area (Å²) in [6.45, 7) is 6.45. The van der Waals surface area contributed by atoms with Gasteiger partial charge in [-0.1, -0.05) is 32.0 Å². The summed E-state index contributed by atoms with van der Waals surface area (Å²) in [7, 11) is 1.83. The molecule has 0 fully saturated rings. The SMILES string of the molecule is CN=C(C)c1cccc(C(C)C)c1. The van der Waals surface area contributed by atoms with Crippen LogP contribution in [0.2, 0.25) is 0 Å². The van der Waals surface area contributed by atoms with Crippen LogP contribution >= 0.6 is 0 Å². The van der Waals surface area contributed by atoms with Crippen LogP contribution < -0.4 is 0 Å². The second kappa shape index (κ2) is 4.22. The molecule has 0 aromatic heterocycles. The highest BCUT2D eigenvalue weighted by atomic mass is 14.7. The lowest BCUT2D eigenvalue weighted by molar-refractivity contribution is 0.866. The Morgan fingerprint density at radius 2 is 2.00 bits per heavy atom. The van der Waals surface area contributed by atoms with Crippen LogP contribution in [-0.4, -0.2) is 12.8 Å². The average Bonchev–Trinajstić information content (AvgIpc) is 2.17. The molecule has 0 N–H and O–H groups in total. The van der Waals surface area contributed by atoms with E-state index in [1.165, 1.54) is 11.1 Å². The van der Waals surface area contributed by atoms with E-state index in [2.05, 4.69) is 43.1 Å². The van der Waals surface area contributed by atoms with Crippen molar-refractivity contribution >= 4 is 5.71 Å². The molecule has 0 heterocycles. The summed E-state index contributed by atoms with van der Waals surface area (Å²) in [6.07, 6.45) is 0. The van der Waals surface area contributed by atoms with Crippen LogP contribution in [0.1, 0.15) is 37.8 Å². The minimum absolute atomic E-state index is 0.588. The van der Waals surface area contributed by atoms with Crippen molar-refractivity contribution in [1.29, 1.82) is 0 Å². The zero-order valence-corrected chi connectivity index (χ0v) is 8.83. The van der Waals surface area contributed by atoms with Crippen molar-refractivity contribution in [2.45, 2.75) is 26.7 Å². The molecule has 1 aromatic rings. The lowest BCUT2D eigenvalue weighted by Crippen LogP contribution is -1.96. The van der Waals surface area contributed by atoms with Crippen LogP contribution in [0, 0.1) is 0 Å². The van der Waals surface area contributed by atoms with Crippen LogP contribution in [0.3, 0.4) is 0 Å². The van der Waals surface area contributed by atoms with E-state index in [1.54, 1.807) is 0 Å². The van der Waals surface area contributed by atoms with Gasteiger partial charge in [0, 0.05) is 12.8 Å². The molecule has 0 aliphatic rings. The highest BCUT2D eigenvalue weighted by molar-refractivity contribution is 5.98. The van der Waals surface area contributed by atoms with Crippen LogP contribution in [0.5, 0.6) is 0 Å². The van der Waals surface area contributed by atoms with E-state index in [4.69, 9.17) is 0 Å². The number of hydrogen-bond acceptors (Lipinski definition) is 1. The van der Waals surface area contributed by atoms with Gasteiger partial charge in [-0.3, -0.25) is 4.99 Å². The molecule has 0 amide bonds. The highest BCUT2D eigenvalue weighted by Crippen LogP contribution is 2.15. The van der Waals surface area contributed by atoms with Gasteiger partial charge in [0.1, 0.15) is 0 Å². The van der Waals surface area contributed by atoms with E-state index in [-0.39, 0.29) is 0 Å². The molecule has 0 unspecified atom stereocenters. The Morgan fingerprint density at radius 1 is 1.31 bits per heavy atom. The Bertz CT molecular complexity index is 311. The van der Waals surface area contributed by atoms with E-state index < -0.39 is 0 Å². The Balaban J connectivity index is 3.05. The number of aliphatic imine (C=N–C) groups is 1. The highest BCUT2D eigenvalue weighted by Gasteiger charge is 2.01. The second-order valence-corrected chi connectivity index (χ2v) is 3.59. The van der Waals surface area contributed by atoms with Gasteiger partial charge in [0.2, 0.25) is 0 Å². The minimum atomic E-state index is 0.588. The minimum Gasteiger partial charge on any atom is -0.293 e. The van der Waals surface area contributed by atoms with Crippen LogP contribution in [0.25, 0.3) is 0 Å². The summed E-state index contributed by atoms with van der Waals surface area (Å²) < 4.78 is 0. The van der Waals surface area contributed by atoms with Crippen LogP contribution in [0.15, 0.2) is 29.3 Å². The standard InChI is InChI=1S/C12H17N/c1-9(2)11-6-5-7-12(8-11)10(3)13-4/h5-9H,1-4H3. The van der Waals surface area contributed by atoms with Crippen molar-refractivity contribution in [2.24, 2.45) is 4.99 Å². The maximum absolute atomic E-state index is 4.18. The van der Waals surface area contributed by atoms with E-state index in [0.717, 1.165) is 5.71 Å². The van der Waals surface area contributed by atoms with Crippen molar-refractivity contribution in [3.8, 4) is 0 Å². The molecule has 0 atom stereocenters. The summed E-state index contributed by atoms with van der Waals surface area (Å²) in [4.78, 5) is 4.18. The van der Waals surface area contributed by atoms with Crippen molar-refractivity contribution in [2.75, 3.05) is 7.05 Å². The predicted octanol–water partition coefficient (Wildman–Crippen LogP) is 3.25. The molecule has 0 bridgehead atoms. The summed E-state index contributed by atoms with van der Waals surface area (Å²) in [5.41, 5.74) is 3.71. The third-order valence-corrected chi connectivity index (χ3v) is 2.31. The lowest BCUT2D eigenvalue weighted by Gasteiger charge is -2.07. The van der Waals surface area contributed by atoms with Gasteiger partial charge in [0.25, 0.3) is 0 Å². The Hall–Kier alpha value is -1.11. The van der Waals surface area contributed by atoms with Crippen molar-refractivity contribution < 1.29 is 0 Å². The molecule has 1 heteroatoms. The van der Waals surface area contributed by atoms with Crippen LogP contribution in [-0.2, 0) is 0 Å². The maximum atomic E-state index is 4.18. The summed E-state index contributed by atoms with van der Waals surface area (Å²) in [5, 5.41) is 0. The van der Waals surface area contributed by atoms with Crippen molar-refractivity contribution in [1.82, 2.24) is 0 Å². The predicted molar refractivity (Wildman–Crippen MR) is 58.7 cm³/mol. The fourth-order valence-electron chi connectivity index (χ4n) is 1.25. The largest absolute Gasteiger partial charge is 0.293 e. The quantitative estimate of drug-likeness (QED) is 0.612. The fourth-order valence-corrected chi connectivity index (χ4v) is 1.25. The second-order valence-electron chi connectivity index (χ2n) is 3.59. The Kier molecular flexibility index (Phi) is 3.24. The van der Waals surface area contributed by atoms with Gasteiger partial charge in [-0.2, -0.15) is 0 Å². The van der Waals surface area contributed by atoms with Crippen molar-refractivity contribution in [3.63, 3.8) is 0 Å². The van der Waals surface area contributed by atoms with Gasteiger partial charge < -0.3 is 0 Å². The van der Waals surface area contributed by atoms with E-state index in [0.29, 0.717) is 5.92 Å². The summed E-state index contributed by atoms with van der Waals surface area (Å²) >= 11 is 0. The number of rotatable bonds is 2. The molecule has 1 aromatic carbocycles. The molecule has 1 nitrogen and oxygen atoms in total. The Morgan fingerprint density at radius 3 is 2.54 bits per heavy atom. The molecule has 0 saturated heterocycles. The third-order valence-electron chi connectivity index (χ3n) is 2.31. The van der Waals surface area contributed by atoms with Gasteiger partial charge >= 0.3 is 0 Å². The average molecular weight is 175 g/mol. The molecule has 13 heavy (non-hydrogen) atoms. The molecule has 1 rings (SSSR count). The Labute approximate surface area is 80.5 Å². The van der Waals surface area contributed by atoms with Gasteiger partial charge in [0.05, 0.1) is 0 Å². The molecular weight excluding hydrogens is 158 g/mol. The molecule has 70 valence electrons. The van der Waals surface area contributed by atoms with E-state index in [9.17, 15) is 0 Å². The monoisotopic (exact) mass is 175 g/mol. The van der Waals surface area contributed by atoms with Crippen molar-refractivity contribution in [3.05, 3.63) is 35.4 Å². The first-order valence-corrected chi connectivity index (χ1v) is 4.69. The maximum Gasteiger partial charge on any atom is 0.0386 e. The zero-order chi connectivity index (χ0) is 9.84. The molecule has 0 aliphatic heterocycles. The number of benzene rings is 1. The first-order valence-electron chi connectivity index (χ1n) is 4.69. The molecule has 0 radical (unpaired) electrons. The zero-order valence-electron chi connectivity index (χ0n) is 8.83. The van der Waals surface area contributed by atoms with Crippen LogP contribution in [0.4, 0.5) is 0 Å². The fraction of sp³-hybridized carbons (Fsp3) is 0.417. The first-order chi connectivity index (χ1) is 6.15. The molecular formula is C12H17N. The molecule has 0 saturated carbocycles. The molecule has 0 spiro atoms. The number of nitrogens with zero attached hydrogens (tertiary/aromatic N) is 1. The van der Waals surface area contributed by atoms with E-state index in [1.807, 2.05) is 14.0 Å². The van der Waals surface area contributed by atoms with Gasteiger partial charge in [-0.05, 0) is 30.0 Å². The lowest BCUT2D eigenvalue weighted by atomic mass is 9.99. The smallest absolute Gasteiger partial charge is 0.0386 e. The molecule has 0 aliphatic carbocycles. The van der Waals surface area contributed by atoms with Gasteiger partial charge in [0.15, 0.2) is 0 Å². The third kappa shape index (κ3) is 2.41. The summed E-state index contributed by atoms with van der Waals surface area (Å²) in [6, 6.07) is 8.58. The first kappa shape index (κ1) is 9.97. The normalized spacial score (nSPS) is 12.2. The summed E-state index contributed by atoms with van der Waals surface area (Å²) in [5.74, 6) is 0.588. The topological polar surface area (TPSA) is 12.4 Å². The van der Waals surface area contributed by atoms with E-state index >= 15 is 0 Å². The van der Waals surface area contributed by atoms with Gasteiger partial charge in [-0.15, -0.1) is 0 Å². The van der Waals surface area contributed by atoms with Gasteiger partial charge in [-0.25, -0.2) is 0 Å². The number of hydrogen-bond donors (Lipinski definition) is 0.